The van der Waals surface area contributed by atoms with Gasteiger partial charge in [0.2, 0.25) is 11.8 Å². The zero-order valence-corrected chi connectivity index (χ0v) is 12.4. The number of aliphatic carboxylic acids is 1. The van der Waals surface area contributed by atoms with Crippen LogP contribution in [0.2, 0.25) is 0 Å². The molecular formula is C14H14N2O5S. The highest BCUT2D eigenvalue weighted by Crippen LogP contribution is 2.24. The topological polar surface area (TPSA) is 92.9 Å². The van der Waals surface area contributed by atoms with Crippen LogP contribution in [0.1, 0.15) is 5.69 Å². The number of amides is 1. The number of carbonyl (C=O) groups is 2. The van der Waals surface area contributed by atoms with Crippen molar-refractivity contribution in [2.24, 2.45) is 0 Å². The number of thiophene rings is 1. The minimum absolute atomic E-state index is 0.0126. The Bertz CT molecular complexity index is 667. The first-order valence-electron chi connectivity index (χ1n) is 6.73. The fourth-order valence-corrected chi connectivity index (χ4v) is 2.92. The molecule has 1 saturated heterocycles. The first-order chi connectivity index (χ1) is 10.6. The summed E-state index contributed by atoms with van der Waals surface area (Å²) in [5.74, 6) is -0.885. The lowest BCUT2D eigenvalue weighted by molar-refractivity contribution is -0.158. The summed E-state index contributed by atoms with van der Waals surface area (Å²) in [6.07, 6.45) is 1.45. The number of aromatic nitrogens is 1. The van der Waals surface area contributed by atoms with Gasteiger partial charge in [0.1, 0.15) is 6.26 Å². The summed E-state index contributed by atoms with van der Waals surface area (Å²) in [5, 5.41) is 11.1. The molecule has 8 heteroatoms. The Labute approximate surface area is 130 Å². The van der Waals surface area contributed by atoms with Gasteiger partial charge in [-0.25, -0.2) is 9.78 Å². The van der Waals surface area contributed by atoms with Crippen molar-refractivity contribution in [3.63, 3.8) is 0 Å². The summed E-state index contributed by atoms with van der Waals surface area (Å²) in [4.78, 5) is 30.0. The van der Waals surface area contributed by atoms with Crippen molar-refractivity contribution in [2.45, 2.75) is 12.5 Å². The molecule has 1 unspecified atom stereocenters. The second-order valence-electron chi connectivity index (χ2n) is 4.81. The zero-order chi connectivity index (χ0) is 15.5. The Balaban J connectivity index is 1.70. The van der Waals surface area contributed by atoms with E-state index in [1.54, 1.807) is 0 Å². The maximum atomic E-state index is 12.3. The van der Waals surface area contributed by atoms with Crippen LogP contribution < -0.4 is 0 Å². The maximum Gasteiger partial charge on any atom is 0.328 e. The van der Waals surface area contributed by atoms with Gasteiger partial charge in [-0.1, -0.05) is 6.07 Å². The SMILES string of the molecule is O=C(O)C1COCCN1C(=O)Cc1coc(-c2cccs2)n1. The van der Waals surface area contributed by atoms with Crippen molar-refractivity contribution in [1.29, 1.82) is 0 Å². The van der Waals surface area contributed by atoms with Gasteiger partial charge in [0.25, 0.3) is 0 Å². The molecule has 116 valence electrons. The Kier molecular flexibility index (Phi) is 4.21. The van der Waals surface area contributed by atoms with E-state index < -0.39 is 12.0 Å². The molecule has 1 aliphatic heterocycles. The van der Waals surface area contributed by atoms with Gasteiger partial charge in [0.05, 0.1) is 30.2 Å². The molecule has 1 fully saturated rings. The number of oxazole rings is 1. The van der Waals surface area contributed by atoms with Crippen molar-refractivity contribution in [2.75, 3.05) is 19.8 Å². The Morgan fingerprint density at radius 3 is 3.09 bits per heavy atom. The molecule has 3 heterocycles. The summed E-state index contributed by atoms with van der Waals surface area (Å²) in [5.41, 5.74) is 0.490. The monoisotopic (exact) mass is 322 g/mol. The van der Waals surface area contributed by atoms with Crippen LogP contribution in [0.3, 0.4) is 0 Å². The van der Waals surface area contributed by atoms with Crippen LogP contribution in [0.25, 0.3) is 10.8 Å². The number of carbonyl (C=O) groups excluding carboxylic acids is 1. The molecule has 1 N–H and O–H groups in total. The van der Waals surface area contributed by atoms with Gasteiger partial charge >= 0.3 is 5.97 Å². The van der Waals surface area contributed by atoms with Gasteiger partial charge in [0, 0.05) is 6.54 Å². The average Bonchev–Trinajstić information content (AvgIpc) is 3.17. The third-order valence-corrected chi connectivity index (χ3v) is 4.21. The van der Waals surface area contributed by atoms with E-state index in [1.807, 2.05) is 17.5 Å². The summed E-state index contributed by atoms with van der Waals surface area (Å²) in [6.45, 7) is 0.626. The molecule has 0 aromatic carbocycles. The van der Waals surface area contributed by atoms with E-state index in [-0.39, 0.29) is 25.5 Å². The molecular weight excluding hydrogens is 308 g/mol. The molecule has 0 bridgehead atoms. The number of hydrogen-bond donors (Lipinski definition) is 1. The van der Waals surface area contributed by atoms with Crippen molar-refractivity contribution in [3.05, 3.63) is 29.5 Å². The highest BCUT2D eigenvalue weighted by molar-refractivity contribution is 7.13. The van der Waals surface area contributed by atoms with Gasteiger partial charge in [-0.05, 0) is 11.4 Å². The van der Waals surface area contributed by atoms with Crippen LogP contribution in [-0.2, 0) is 20.7 Å². The lowest BCUT2D eigenvalue weighted by Crippen LogP contribution is -2.53. The Morgan fingerprint density at radius 2 is 2.36 bits per heavy atom. The van der Waals surface area contributed by atoms with Crippen LogP contribution in [0, 0.1) is 0 Å². The molecule has 22 heavy (non-hydrogen) atoms. The average molecular weight is 322 g/mol. The van der Waals surface area contributed by atoms with Crippen molar-refractivity contribution in [3.8, 4) is 10.8 Å². The molecule has 0 radical (unpaired) electrons. The number of rotatable bonds is 4. The largest absolute Gasteiger partial charge is 0.480 e. The molecule has 1 atom stereocenters. The Hall–Kier alpha value is -2.19. The van der Waals surface area contributed by atoms with Gasteiger partial charge in [0.15, 0.2) is 6.04 Å². The lowest BCUT2D eigenvalue weighted by Gasteiger charge is -2.32. The van der Waals surface area contributed by atoms with E-state index in [4.69, 9.17) is 14.3 Å². The second kappa shape index (κ2) is 6.29. The quantitative estimate of drug-likeness (QED) is 0.911. The molecule has 1 aliphatic rings. The minimum Gasteiger partial charge on any atom is -0.480 e. The maximum absolute atomic E-state index is 12.3. The molecule has 3 rings (SSSR count). The molecule has 1 amide bonds. The normalized spacial score (nSPS) is 18.4. The van der Waals surface area contributed by atoms with Gasteiger partial charge in [-0.15, -0.1) is 11.3 Å². The smallest absolute Gasteiger partial charge is 0.328 e. The van der Waals surface area contributed by atoms with Crippen LogP contribution in [0.15, 0.2) is 28.2 Å². The molecule has 0 aliphatic carbocycles. The first-order valence-corrected chi connectivity index (χ1v) is 7.61. The van der Waals surface area contributed by atoms with E-state index in [0.29, 0.717) is 18.2 Å². The third kappa shape index (κ3) is 3.02. The molecule has 7 nitrogen and oxygen atoms in total. The van der Waals surface area contributed by atoms with Gasteiger partial charge < -0.3 is 19.2 Å². The van der Waals surface area contributed by atoms with E-state index in [0.717, 1.165) is 4.88 Å². The van der Waals surface area contributed by atoms with Gasteiger partial charge in [-0.2, -0.15) is 0 Å². The molecule has 0 spiro atoms. The van der Waals surface area contributed by atoms with Crippen molar-refractivity contribution >= 4 is 23.2 Å². The van der Waals surface area contributed by atoms with Crippen molar-refractivity contribution in [1.82, 2.24) is 9.88 Å². The van der Waals surface area contributed by atoms with Crippen LogP contribution in [-0.4, -0.2) is 52.7 Å². The van der Waals surface area contributed by atoms with Gasteiger partial charge in [-0.3, -0.25) is 4.79 Å². The third-order valence-electron chi connectivity index (χ3n) is 3.35. The molecule has 2 aromatic rings. The fourth-order valence-electron chi connectivity index (χ4n) is 2.26. The Morgan fingerprint density at radius 1 is 1.50 bits per heavy atom. The summed E-state index contributed by atoms with van der Waals surface area (Å²) in [7, 11) is 0. The molecule has 0 saturated carbocycles. The van der Waals surface area contributed by atoms with E-state index in [9.17, 15) is 9.59 Å². The predicted octanol–water partition coefficient (Wildman–Crippen LogP) is 1.26. The van der Waals surface area contributed by atoms with Crippen LogP contribution >= 0.6 is 11.3 Å². The highest BCUT2D eigenvalue weighted by atomic mass is 32.1. The number of morpholine rings is 1. The standard InChI is InChI=1S/C14H14N2O5S/c17-12(16-3-4-20-8-10(16)14(18)19)6-9-7-21-13(15-9)11-2-1-5-22-11/h1-2,5,7,10H,3-4,6,8H2,(H,18,19). The van der Waals surface area contributed by atoms with Crippen LogP contribution in [0.5, 0.6) is 0 Å². The van der Waals surface area contributed by atoms with E-state index >= 15 is 0 Å². The predicted molar refractivity (Wildman–Crippen MR) is 77.5 cm³/mol. The molecule has 2 aromatic heterocycles. The lowest BCUT2D eigenvalue weighted by atomic mass is 10.2. The number of carboxylic acid groups (broad SMARTS) is 1. The minimum atomic E-state index is -1.06. The highest BCUT2D eigenvalue weighted by Gasteiger charge is 2.32. The van der Waals surface area contributed by atoms with E-state index in [1.165, 1.54) is 22.5 Å². The number of ether oxygens (including phenoxy) is 1. The summed E-state index contributed by atoms with van der Waals surface area (Å²) < 4.78 is 10.5. The van der Waals surface area contributed by atoms with Crippen LogP contribution in [0.4, 0.5) is 0 Å². The number of carboxylic acids is 1. The fraction of sp³-hybridized carbons (Fsp3) is 0.357. The zero-order valence-electron chi connectivity index (χ0n) is 11.6. The second-order valence-corrected chi connectivity index (χ2v) is 5.76. The first kappa shape index (κ1) is 14.7. The number of hydrogen-bond acceptors (Lipinski definition) is 6. The summed E-state index contributed by atoms with van der Waals surface area (Å²) in [6, 6.07) is 2.83. The van der Waals surface area contributed by atoms with Crippen molar-refractivity contribution < 1.29 is 23.8 Å². The number of nitrogens with zero attached hydrogens (tertiary/aromatic N) is 2. The van der Waals surface area contributed by atoms with E-state index in [2.05, 4.69) is 4.98 Å². The summed E-state index contributed by atoms with van der Waals surface area (Å²) >= 11 is 1.49.